The Balaban J connectivity index is 1.93. The van der Waals surface area contributed by atoms with Crippen LogP contribution in [0.15, 0.2) is 18.2 Å². The Hall–Kier alpha value is -2.56. The summed E-state index contributed by atoms with van der Waals surface area (Å²) in [5.74, 6) is 5.69. The van der Waals surface area contributed by atoms with Gasteiger partial charge in [-0.3, -0.25) is 14.5 Å². The zero-order valence-electron chi connectivity index (χ0n) is 15.0. The molecule has 0 aliphatic carbocycles. The van der Waals surface area contributed by atoms with Crippen LogP contribution in [0.4, 0.5) is 0 Å². The van der Waals surface area contributed by atoms with Gasteiger partial charge >= 0.3 is 11.9 Å². The largest absolute Gasteiger partial charge is 0.491 e. The van der Waals surface area contributed by atoms with E-state index in [1.165, 1.54) is 14.2 Å². The van der Waals surface area contributed by atoms with E-state index in [1.54, 1.807) is 11.9 Å². The monoisotopic (exact) mass is 358 g/mol. The minimum absolute atomic E-state index is 0.226. The molecule has 2 aliphatic heterocycles. The first-order chi connectivity index (χ1) is 12.5. The Morgan fingerprint density at radius 1 is 1.27 bits per heavy atom. The molecule has 7 nitrogen and oxygen atoms in total. The smallest absolute Gasteiger partial charge is 0.323 e. The Labute approximate surface area is 152 Å². The van der Waals surface area contributed by atoms with E-state index >= 15 is 0 Å². The summed E-state index contributed by atoms with van der Waals surface area (Å²) in [7, 11) is 4.42. The predicted molar refractivity (Wildman–Crippen MR) is 93.2 cm³/mol. The second-order valence-electron chi connectivity index (χ2n) is 6.42. The molecule has 0 unspecified atom stereocenters. The molecule has 3 rings (SSSR count). The SMILES string of the molecule is COC(=O)[C@@H]1C[C@@H](C(=O)OC)N(C)[C@H]1C#Cc1cccc2c1[C@@H](N)CO2. The van der Waals surface area contributed by atoms with Crippen molar-refractivity contribution >= 4 is 11.9 Å². The normalized spacial score (nSPS) is 27.1. The van der Waals surface area contributed by atoms with E-state index in [4.69, 9.17) is 19.9 Å². The lowest BCUT2D eigenvalue weighted by atomic mass is 9.98. The highest BCUT2D eigenvalue weighted by Gasteiger charge is 2.46. The van der Waals surface area contributed by atoms with E-state index in [0.717, 1.165) is 16.9 Å². The Morgan fingerprint density at radius 3 is 2.69 bits per heavy atom. The van der Waals surface area contributed by atoms with Crippen molar-refractivity contribution in [2.45, 2.75) is 24.5 Å². The molecule has 2 aliphatic rings. The molecule has 0 radical (unpaired) electrons. The van der Waals surface area contributed by atoms with Gasteiger partial charge in [0.15, 0.2) is 0 Å². The fourth-order valence-electron chi connectivity index (χ4n) is 3.57. The minimum Gasteiger partial charge on any atom is -0.491 e. The zero-order chi connectivity index (χ0) is 18.8. The van der Waals surface area contributed by atoms with Crippen molar-refractivity contribution in [3.63, 3.8) is 0 Å². The topological polar surface area (TPSA) is 91.1 Å². The summed E-state index contributed by atoms with van der Waals surface area (Å²) >= 11 is 0. The van der Waals surface area contributed by atoms with Crippen LogP contribution in [-0.4, -0.2) is 56.8 Å². The van der Waals surface area contributed by atoms with E-state index in [1.807, 2.05) is 18.2 Å². The van der Waals surface area contributed by atoms with Crippen molar-refractivity contribution in [2.24, 2.45) is 11.7 Å². The molecule has 0 bridgehead atoms. The molecular formula is C19H22N2O5. The van der Waals surface area contributed by atoms with E-state index < -0.39 is 18.0 Å². The van der Waals surface area contributed by atoms with Gasteiger partial charge in [-0.2, -0.15) is 0 Å². The summed E-state index contributed by atoms with van der Waals surface area (Å²) < 4.78 is 15.3. The molecule has 138 valence electrons. The number of nitrogens with two attached hydrogens (primary N) is 1. The molecule has 2 N–H and O–H groups in total. The highest BCUT2D eigenvalue weighted by molar-refractivity contribution is 5.81. The Kier molecular flexibility index (Phi) is 5.16. The molecule has 1 aromatic rings. The van der Waals surface area contributed by atoms with Gasteiger partial charge < -0.3 is 19.9 Å². The first-order valence-electron chi connectivity index (χ1n) is 8.38. The number of rotatable bonds is 2. The van der Waals surface area contributed by atoms with Gasteiger partial charge in [0.25, 0.3) is 0 Å². The maximum absolute atomic E-state index is 12.2. The Bertz CT molecular complexity index is 782. The van der Waals surface area contributed by atoms with Crippen molar-refractivity contribution < 1.29 is 23.8 Å². The van der Waals surface area contributed by atoms with Crippen LogP contribution in [0.25, 0.3) is 0 Å². The van der Waals surface area contributed by atoms with Crippen LogP contribution in [0, 0.1) is 17.8 Å². The predicted octanol–water partition coefficient (Wildman–Crippen LogP) is 0.465. The standard InChI is InChI=1S/C19H22N2O5/c1-21-14(12(18(22)24-2)9-15(21)19(23)25-3)8-7-11-5-4-6-16-17(11)13(20)10-26-16/h4-6,12-15H,9-10,20H2,1-3H3/t12-,13+,14+,15+/m1/s1. The van der Waals surface area contributed by atoms with Crippen molar-refractivity contribution in [3.05, 3.63) is 29.3 Å². The highest BCUT2D eigenvalue weighted by atomic mass is 16.5. The molecule has 26 heavy (non-hydrogen) atoms. The van der Waals surface area contributed by atoms with E-state index in [9.17, 15) is 9.59 Å². The van der Waals surface area contributed by atoms with Gasteiger partial charge in [0.1, 0.15) is 18.4 Å². The minimum atomic E-state index is -0.532. The third kappa shape index (κ3) is 3.14. The van der Waals surface area contributed by atoms with Crippen LogP contribution in [0.2, 0.25) is 0 Å². The number of carbonyl (C=O) groups excluding carboxylic acids is 2. The van der Waals surface area contributed by atoms with Crippen LogP contribution < -0.4 is 10.5 Å². The second-order valence-corrected chi connectivity index (χ2v) is 6.42. The van der Waals surface area contributed by atoms with E-state index in [0.29, 0.717) is 13.0 Å². The van der Waals surface area contributed by atoms with Crippen molar-refractivity contribution in [3.8, 4) is 17.6 Å². The molecule has 1 aromatic carbocycles. The van der Waals surface area contributed by atoms with Crippen LogP contribution in [-0.2, 0) is 19.1 Å². The first kappa shape index (κ1) is 18.2. The van der Waals surface area contributed by atoms with Gasteiger partial charge in [-0.1, -0.05) is 17.9 Å². The Morgan fingerprint density at radius 2 is 2.00 bits per heavy atom. The van der Waals surface area contributed by atoms with Gasteiger partial charge in [-0.15, -0.1) is 0 Å². The van der Waals surface area contributed by atoms with E-state index in [2.05, 4.69) is 11.8 Å². The van der Waals surface area contributed by atoms with Gasteiger partial charge in [0, 0.05) is 11.1 Å². The number of nitrogens with zero attached hydrogens (tertiary/aromatic N) is 1. The number of hydrogen-bond donors (Lipinski definition) is 1. The summed E-state index contributed by atoms with van der Waals surface area (Å²) in [6.45, 7) is 0.423. The van der Waals surface area contributed by atoms with Crippen molar-refractivity contribution in [2.75, 3.05) is 27.9 Å². The molecule has 0 saturated carbocycles. The maximum Gasteiger partial charge on any atom is 0.323 e. The van der Waals surface area contributed by atoms with Crippen molar-refractivity contribution in [1.29, 1.82) is 0 Å². The first-order valence-corrected chi connectivity index (χ1v) is 8.38. The van der Waals surface area contributed by atoms with Crippen LogP contribution in [0.5, 0.6) is 5.75 Å². The number of ether oxygens (including phenoxy) is 3. The average molecular weight is 358 g/mol. The number of fused-ring (bicyclic) bond motifs is 1. The maximum atomic E-state index is 12.2. The second kappa shape index (κ2) is 7.36. The third-order valence-corrected chi connectivity index (χ3v) is 4.98. The number of likely N-dealkylation sites (tertiary alicyclic amines) is 1. The van der Waals surface area contributed by atoms with Crippen LogP contribution >= 0.6 is 0 Å². The molecule has 4 atom stereocenters. The molecule has 0 amide bonds. The number of benzene rings is 1. The van der Waals surface area contributed by atoms with Gasteiger partial charge in [0.05, 0.1) is 32.2 Å². The third-order valence-electron chi connectivity index (χ3n) is 4.98. The molecule has 2 heterocycles. The number of hydrogen-bond acceptors (Lipinski definition) is 7. The van der Waals surface area contributed by atoms with Crippen LogP contribution in [0.1, 0.15) is 23.6 Å². The molecule has 0 spiro atoms. The molecular weight excluding hydrogens is 336 g/mol. The van der Waals surface area contributed by atoms with Gasteiger partial charge in [-0.05, 0) is 25.6 Å². The summed E-state index contributed by atoms with van der Waals surface area (Å²) in [6.07, 6.45) is 0.310. The van der Waals surface area contributed by atoms with Gasteiger partial charge in [-0.25, -0.2) is 0 Å². The number of carbonyl (C=O) groups is 2. The molecule has 1 saturated heterocycles. The fourth-order valence-corrected chi connectivity index (χ4v) is 3.57. The van der Waals surface area contributed by atoms with E-state index in [-0.39, 0.29) is 18.0 Å². The summed E-state index contributed by atoms with van der Waals surface area (Å²) in [5.41, 5.74) is 7.74. The quantitative estimate of drug-likeness (QED) is 0.607. The lowest BCUT2D eigenvalue weighted by molar-refractivity contribution is -0.145. The summed E-state index contributed by atoms with van der Waals surface area (Å²) in [6, 6.07) is 4.38. The number of esters is 2. The summed E-state index contributed by atoms with van der Waals surface area (Å²) in [5, 5.41) is 0. The number of likely N-dealkylation sites (N-methyl/N-ethyl adjacent to an activating group) is 1. The highest BCUT2D eigenvalue weighted by Crippen LogP contribution is 2.34. The van der Waals surface area contributed by atoms with Gasteiger partial charge in [0.2, 0.25) is 0 Å². The fraction of sp³-hybridized carbons (Fsp3) is 0.474. The zero-order valence-corrected chi connectivity index (χ0v) is 15.0. The summed E-state index contributed by atoms with van der Waals surface area (Å²) in [4.78, 5) is 25.9. The lowest BCUT2D eigenvalue weighted by Crippen LogP contribution is -2.39. The van der Waals surface area contributed by atoms with Crippen molar-refractivity contribution in [1.82, 2.24) is 4.90 Å². The molecule has 7 heteroatoms. The lowest BCUT2D eigenvalue weighted by Gasteiger charge is -2.21. The van der Waals surface area contributed by atoms with Crippen LogP contribution in [0.3, 0.4) is 0 Å². The number of methoxy groups -OCH3 is 2. The average Bonchev–Trinajstić information content (AvgIpc) is 3.19. The molecule has 0 aromatic heterocycles. The molecule has 1 fully saturated rings.